The molecule has 0 spiro atoms. The molecule has 3 aliphatic rings. The molecule has 4 atom stereocenters. The van der Waals surface area contributed by atoms with Gasteiger partial charge in [-0.3, -0.25) is 24.2 Å². The van der Waals surface area contributed by atoms with Crippen molar-refractivity contribution in [3.05, 3.63) is 83.9 Å². The van der Waals surface area contributed by atoms with Gasteiger partial charge in [0, 0.05) is 12.6 Å². The molecule has 35 heavy (non-hydrogen) atoms. The molecule has 1 N–H and O–H groups in total. The van der Waals surface area contributed by atoms with E-state index in [1.165, 1.54) is 4.90 Å². The Bertz CT molecular complexity index is 1170. The highest BCUT2D eigenvalue weighted by molar-refractivity contribution is 6.11. The summed E-state index contributed by atoms with van der Waals surface area (Å²) in [4.78, 5) is 51.3. The number of carbonyl (C=O) groups is 4. The number of halogens is 3. The number of carboxylic acids is 1. The molecule has 2 amide bonds. The molecule has 182 valence electrons. The molecular formula is C25H21F3N2O5. The van der Waals surface area contributed by atoms with Crippen molar-refractivity contribution in [2.45, 2.75) is 31.3 Å². The molecule has 2 aromatic rings. The third kappa shape index (κ3) is 4.74. The number of hydrogen-bond acceptors (Lipinski definition) is 5. The van der Waals surface area contributed by atoms with Crippen LogP contribution in [-0.4, -0.2) is 56.7 Å². The number of amides is 2. The lowest BCUT2D eigenvalue weighted by Gasteiger charge is -2.33. The first-order valence-electron chi connectivity index (χ1n) is 10.8. The van der Waals surface area contributed by atoms with E-state index in [4.69, 9.17) is 9.90 Å². The van der Waals surface area contributed by atoms with Crippen molar-refractivity contribution >= 4 is 23.6 Å². The van der Waals surface area contributed by atoms with Crippen LogP contribution in [-0.2, 0) is 32.3 Å². The molecule has 7 nitrogen and oxygen atoms in total. The van der Waals surface area contributed by atoms with Crippen molar-refractivity contribution in [2.24, 2.45) is 11.8 Å². The zero-order valence-corrected chi connectivity index (χ0v) is 18.3. The van der Waals surface area contributed by atoms with Crippen LogP contribution in [0.1, 0.15) is 11.1 Å². The van der Waals surface area contributed by atoms with Crippen LogP contribution in [0.2, 0.25) is 0 Å². The molecule has 0 aliphatic carbocycles. The lowest BCUT2D eigenvalue weighted by Crippen LogP contribution is -2.48. The van der Waals surface area contributed by atoms with Gasteiger partial charge in [-0.15, -0.1) is 0 Å². The van der Waals surface area contributed by atoms with Crippen molar-refractivity contribution in [1.82, 2.24) is 9.80 Å². The maximum Gasteiger partial charge on any atom is 0.490 e. The smallest absolute Gasteiger partial charge is 0.475 e. The summed E-state index contributed by atoms with van der Waals surface area (Å²) in [5.74, 6) is -4.29. The monoisotopic (exact) mass is 486 g/mol. The van der Waals surface area contributed by atoms with E-state index >= 15 is 0 Å². The van der Waals surface area contributed by atoms with E-state index < -0.39 is 30.0 Å². The van der Waals surface area contributed by atoms with Gasteiger partial charge in [-0.25, -0.2) is 4.79 Å². The van der Waals surface area contributed by atoms with E-state index in [1.807, 2.05) is 71.6 Å². The number of ketones is 1. The van der Waals surface area contributed by atoms with Crippen LogP contribution in [0, 0.1) is 11.8 Å². The first-order valence-corrected chi connectivity index (χ1v) is 10.8. The molecule has 2 saturated heterocycles. The van der Waals surface area contributed by atoms with Gasteiger partial charge in [0.25, 0.3) is 0 Å². The molecule has 3 aliphatic heterocycles. The molecule has 5 rings (SSSR count). The molecule has 2 bridgehead atoms. The van der Waals surface area contributed by atoms with Gasteiger partial charge in [0.1, 0.15) is 0 Å². The summed E-state index contributed by atoms with van der Waals surface area (Å²) in [6.45, 7) is 0.819. The summed E-state index contributed by atoms with van der Waals surface area (Å²) in [6, 6.07) is 18.6. The molecular weight excluding hydrogens is 465 g/mol. The Morgan fingerprint density at radius 2 is 1.31 bits per heavy atom. The number of imide groups is 1. The number of carbonyl (C=O) groups excluding carboxylic acids is 3. The zero-order valence-electron chi connectivity index (χ0n) is 18.3. The van der Waals surface area contributed by atoms with Gasteiger partial charge in [-0.05, 0) is 17.2 Å². The summed E-state index contributed by atoms with van der Waals surface area (Å²) >= 11 is 0. The number of aliphatic carboxylic acids is 1. The average molecular weight is 486 g/mol. The summed E-state index contributed by atoms with van der Waals surface area (Å²) in [5.41, 5.74) is 1.99. The molecule has 4 unspecified atom stereocenters. The van der Waals surface area contributed by atoms with E-state index in [2.05, 4.69) is 0 Å². The van der Waals surface area contributed by atoms with E-state index in [-0.39, 0.29) is 30.2 Å². The second-order valence-electron chi connectivity index (χ2n) is 8.46. The SMILES string of the molecule is O=C(O)C(F)(F)F.O=C1C=CC2C3C(=O)N(Cc4ccccc4)C(=O)C3C1N2Cc1ccccc1. The van der Waals surface area contributed by atoms with Crippen molar-refractivity contribution < 1.29 is 37.5 Å². The highest BCUT2D eigenvalue weighted by Crippen LogP contribution is 2.46. The van der Waals surface area contributed by atoms with Crippen molar-refractivity contribution in [2.75, 3.05) is 0 Å². The van der Waals surface area contributed by atoms with Crippen LogP contribution in [0.15, 0.2) is 72.8 Å². The normalized spacial score (nSPS) is 25.3. The highest BCUT2D eigenvalue weighted by atomic mass is 19.4. The van der Waals surface area contributed by atoms with Gasteiger partial charge in [0.2, 0.25) is 11.8 Å². The highest BCUT2D eigenvalue weighted by Gasteiger charge is 2.63. The molecule has 0 aromatic heterocycles. The number of benzene rings is 2. The van der Waals surface area contributed by atoms with Crippen molar-refractivity contribution in [3.63, 3.8) is 0 Å². The van der Waals surface area contributed by atoms with Crippen LogP contribution in [0.5, 0.6) is 0 Å². The Hall–Kier alpha value is -3.79. The molecule has 0 saturated carbocycles. The fourth-order valence-electron chi connectivity index (χ4n) is 4.85. The minimum absolute atomic E-state index is 0.0811. The number of alkyl halides is 3. The maximum absolute atomic E-state index is 13.2. The Morgan fingerprint density at radius 3 is 1.83 bits per heavy atom. The predicted octanol–water partition coefficient (Wildman–Crippen LogP) is 2.81. The Balaban J connectivity index is 0.000000364. The molecule has 0 radical (unpaired) electrons. The number of rotatable bonds is 4. The van der Waals surface area contributed by atoms with Crippen LogP contribution in [0.25, 0.3) is 0 Å². The van der Waals surface area contributed by atoms with Gasteiger partial charge in [-0.2, -0.15) is 13.2 Å². The van der Waals surface area contributed by atoms with Crippen LogP contribution >= 0.6 is 0 Å². The van der Waals surface area contributed by atoms with Crippen molar-refractivity contribution in [1.29, 1.82) is 0 Å². The lowest BCUT2D eigenvalue weighted by molar-refractivity contribution is -0.192. The quantitative estimate of drug-likeness (QED) is 0.668. The molecule has 2 aromatic carbocycles. The van der Waals surface area contributed by atoms with Gasteiger partial charge in [0.15, 0.2) is 5.78 Å². The molecule has 2 fully saturated rings. The minimum atomic E-state index is -5.08. The largest absolute Gasteiger partial charge is 0.490 e. The third-order valence-electron chi connectivity index (χ3n) is 6.32. The number of carboxylic acid groups (broad SMARTS) is 1. The first kappa shape index (κ1) is 24.3. The lowest BCUT2D eigenvalue weighted by atomic mass is 9.90. The standard InChI is InChI=1S/C23H20N2O3.C2HF3O2/c26-18-12-11-17-19-20(21(18)24(17)13-15-7-3-1-4-8-15)23(28)25(22(19)27)14-16-9-5-2-6-10-16;3-2(4,5)1(6)7/h1-12,17,19-21H,13-14H2;(H,6,7). The average Bonchev–Trinajstić information content (AvgIpc) is 3.19. The Labute approximate surface area is 198 Å². The Morgan fingerprint density at radius 1 is 0.829 bits per heavy atom. The summed E-state index contributed by atoms with van der Waals surface area (Å²) < 4.78 is 31.7. The van der Waals surface area contributed by atoms with E-state index in [9.17, 15) is 27.6 Å². The fraction of sp³-hybridized carbons (Fsp3) is 0.280. The minimum Gasteiger partial charge on any atom is -0.475 e. The van der Waals surface area contributed by atoms with Gasteiger partial charge >= 0.3 is 12.1 Å². The molecule has 10 heteroatoms. The number of fused-ring (bicyclic) bond motifs is 5. The fourth-order valence-corrected chi connectivity index (χ4v) is 4.85. The van der Waals surface area contributed by atoms with Crippen LogP contribution in [0.4, 0.5) is 13.2 Å². The summed E-state index contributed by atoms with van der Waals surface area (Å²) in [5, 5.41) is 7.12. The number of likely N-dealkylation sites (tertiary alicyclic amines) is 1. The number of hydrogen-bond donors (Lipinski definition) is 1. The zero-order chi connectivity index (χ0) is 25.3. The van der Waals surface area contributed by atoms with E-state index in [0.717, 1.165) is 11.1 Å². The second-order valence-corrected chi connectivity index (χ2v) is 8.46. The van der Waals surface area contributed by atoms with Gasteiger partial charge in [-0.1, -0.05) is 66.7 Å². The van der Waals surface area contributed by atoms with Crippen molar-refractivity contribution in [3.8, 4) is 0 Å². The van der Waals surface area contributed by atoms with Gasteiger partial charge in [0.05, 0.1) is 24.4 Å². The second kappa shape index (κ2) is 9.46. The third-order valence-corrected chi connectivity index (χ3v) is 6.32. The number of nitrogens with zero attached hydrogens (tertiary/aromatic N) is 2. The summed E-state index contributed by atoms with van der Waals surface area (Å²) in [7, 11) is 0. The van der Waals surface area contributed by atoms with Gasteiger partial charge < -0.3 is 5.11 Å². The van der Waals surface area contributed by atoms with E-state index in [1.54, 1.807) is 6.08 Å². The summed E-state index contributed by atoms with van der Waals surface area (Å²) in [6.07, 6.45) is -1.72. The Kier molecular flexibility index (Phi) is 6.58. The maximum atomic E-state index is 13.2. The predicted molar refractivity (Wildman–Crippen MR) is 116 cm³/mol. The van der Waals surface area contributed by atoms with Crippen LogP contribution in [0.3, 0.4) is 0 Å². The van der Waals surface area contributed by atoms with E-state index in [0.29, 0.717) is 6.54 Å². The first-order chi connectivity index (χ1) is 16.6. The topological polar surface area (TPSA) is 95.0 Å². The molecule has 3 heterocycles. The van der Waals surface area contributed by atoms with Crippen LogP contribution < -0.4 is 0 Å².